The van der Waals surface area contributed by atoms with Crippen LogP contribution in [0.5, 0.6) is 0 Å². The van der Waals surface area contributed by atoms with E-state index in [9.17, 15) is 18.4 Å². The van der Waals surface area contributed by atoms with Crippen molar-refractivity contribution in [3.63, 3.8) is 0 Å². The van der Waals surface area contributed by atoms with Gasteiger partial charge in [0.25, 0.3) is 11.1 Å². The van der Waals surface area contributed by atoms with E-state index < -0.39 is 51.9 Å². The molecule has 27 heteroatoms. The molecule has 0 fully saturated rings. The van der Waals surface area contributed by atoms with Crippen LogP contribution in [0.15, 0.2) is 132 Å². The van der Waals surface area contributed by atoms with E-state index in [4.69, 9.17) is 46.2 Å². The van der Waals surface area contributed by atoms with Crippen LogP contribution in [0.25, 0.3) is 22.5 Å². The minimum atomic E-state index is -2.14. The molecule has 448 valence electrons. The molecule has 0 aliphatic rings. The number of hydrogen-bond donors (Lipinski definition) is 2. The summed E-state index contributed by atoms with van der Waals surface area (Å²) in [5.41, 5.74) is 8.67. The third-order valence-electron chi connectivity index (χ3n) is 14.0. The number of nitrogens with zero attached hydrogens (tertiary/aromatic N) is 10. The number of benzene rings is 2. The standard InChI is InChI=1S/C27H32ClFN6O2Si.C24H29ClFN3O2Si.C4H7N3.CH3I.HI.O2S/c1-27(2,3)38(5,6)37-17-23(19-7-8-20(28)21(29)15-19)35-14-11-18(16-25(35)36)22-9-12-30-26(32-22)33-24-10-13-31-34(24)4;1-16-27-11-9-21(28-16)17-10-12-29(23(30)14-17)22(15-31-32(5,6)24(2,3)4)18-7-8-19(25)20(26)13-18;1-7-4(5)2-3-6-7;1-2;;1-3-2/h7-16,23H,17H2,1-6H3,(H,30,32,33);7-14,22H,15H2,1-6H3;2-3H,5H2,1H3;1H3;1H;/t23-;22-;;;;/m11..../s1. The van der Waals surface area contributed by atoms with Crippen molar-refractivity contribution in [2.75, 3.05) is 29.2 Å². The number of rotatable bonds is 14. The number of hydrogen-bond acceptors (Lipinski definition) is 14. The summed E-state index contributed by atoms with van der Waals surface area (Å²) in [5.74, 6) is 1.37. The summed E-state index contributed by atoms with van der Waals surface area (Å²) < 4.78 is 64.6. The zero-order chi connectivity index (χ0) is 61.3. The molecule has 0 bridgehead atoms. The molecule has 0 saturated heterocycles. The van der Waals surface area contributed by atoms with Gasteiger partial charge < -0.3 is 29.0 Å². The molecule has 0 aliphatic heterocycles. The number of pyridine rings is 2. The highest BCUT2D eigenvalue weighted by Gasteiger charge is 2.39. The van der Waals surface area contributed by atoms with Crippen LogP contribution in [0, 0.1) is 18.6 Å². The second-order valence-electron chi connectivity index (χ2n) is 21.5. The first kappa shape index (κ1) is 71.9. The molecule has 83 heavy (non-hydrogen) atoms. The summed E-state index contributed by atoms with van der Waals surface area (Å²) in [4.78, 5) is 45.8. The van der Waals surface area contributed by atoms with Crippen molar-refractivity contribution in [3.05, 3.63) is 181 Å². The fourth-order valence-electron chi connectivity index (χ4n) is 7.13. The molecule has 6 aromatic heterocycles. The average molecular weight is 1460 g/mol. The highest BCUT2D eigenvalue weighted by atomic mass is 127. The van der Waals surface area contributed by atoms with Gasteiger partial charge >= 0.3 is 11.6 Å². The lowest BCUT2D eigenvalue weighted by atomic mass is 10.1. The fourth-order valence-corrected chi connectivity index (χ4v) is 9.38. The highest BCUT2D eigenvalue weighted by molar-refractivity contribution is 14.1. The molecule has 8 aromatic rings. The Morgan fingerprint density at radius 3 is 1.42 bits per heavy atom. The minimum absolute atomic E-state index is 0. The highest BCUT2D eigenvalue weighted by Crippen LogP contribution is 2.39. The number of nitrogens with one attached hydrogen (secondary N) is 1. The smallest absolute Gasteiger partial charge is 0.335 e. The second kappa shape index (κ2) is 32.2. The summed E-state index contributed by atoms with van der Waals surface area (Å²) in [6.07, 6.45) is 10.0. The molecule has 18 nitrogen and oxygen atoms in total. The molecule has 0 aliphatic carbocycles. The lowest BCUT2D eigenvalue weighted by Crippen LogP contribution is -2.43. The molecular formula is C56H72Cl2F2I2N12O6SSi2. The number of aromatic nitrogens is 10. The van der Waals surface area contributed by atoms with Gasteiger partial charge in [-0.05, 0) is 114 Å². The van der Waals surface area contributed by atoms with E-state index in [0.717, 1.165) is 5.82 Å². The second-order valence-corrected chi connectivity index (χ2v) is 32.1. The first-order valence-corrected chi connectivity index (χ1v) is 34.9. The molecule has 0 saturated carbocycles. The summed E-state index contributed by atoms with van der Waals surface area (Å²) in [5, 5.41) is 11.1. The zero-order valence-corrected chi connectivity index (χ0v) is 57.6. The van der Waals surface area contributed by atoms with E-state index in [1.807, 2.05) is 30.2 Å². The van der Waals surface area contributed by atoms with E-state index in [0.29, 0.717) is 51.2 Å². The Labute approximate surface area is 530 Å². The predicted octanol–water partition coefficient (Wildman–Crippen LogP) is 13.2. The zero-order valence-electron chi connectivity index (χ0n) is 48.8. The molecule has 3 N–H and O–H groups in total. The number of anilines is 3. The molecule has 0 amide bonds. The van der Waals surface area contributed by atoms with Crippen LogP contribution in [0.4, 0.5) is 26.4 Å². The summed E-state index contributed by atoms with van der Waals surface area (Å²) >= 11 is 13.2. The normalized spacial score (nSPS) is 12.0. The van der Waals surface area contributed by atoms with Gasteiger partial charge in [-0.25, -0.2) is 28.7 Å². The lowest BCUT2D eigenvalue weighted by Gasteiger charge is -2.37. The number of aryl methyl sites for hydroxylation is 3. The Kier molecular flexibility index (Phi) is 27.9. The van der Waals surface area contributed by atoms with Crippen LogP contribution < -0.4 is 22.2 Å². The van der Waals surface area contributed by atoms with Crippen molar-refractivity contribution in [2.24, 2.45) is 14.1 Å². The molecule has 2 atom stereocenters. The Hall–Kier alpha value is -5.41. The van der Waals surface area contributed by atoms with Gasteiger partial charge in [0.2, 0.25) is 5.95 Å². The number of nitrogen functional groups attached to an aromatic ring is 1. The van der Waals surface area contributed by atoms with Gasteiger partial charge in [-0.2, -0.15) is 18.6 Å². The lowest BCUT2D eigenvalue weighted by molar-refractivity contribution is 0.245. The topological polar surface area (TPSA) is 222 Å². The average Bonchev–Trinajstić information content (AvgIpc) is 4.18. The van der Waals surface area contributed by atoms with E-state index in [2.05, 4.69) is 126 Å². The fraction of sp³-hybridized carbons (Fsp3) is 0.357. The van der Waals surface area contributed by atoms with E-state index in [1.165, 1.54) is 36.4 Å². The number of halogens is 6. The molecule has 2 aromatic carbocycles. The molecule has 8 rings (SSSR count). The van der Waals surface area contributed by atoms with E-state index in [1.54, 1.807) is 100.0 Å². The van der Waals surface area contributed by atoms with Crippen LogP contribution in [-0.2, 0) is 34.5 Å². The first-order chi connectivity index (χ1) is 38.5. The SMILES string of the molecule is CI.Cc1nccc(-c2ccn([C@H](CO[Si](C)(C)C(C)(C)C)c3ccc(Cl)c(F)c3)c(=O)c2)n1.Cn1nccc1N.Cn1nccc1Nc1nccc(-c2ccn([C@H](CO[Si](C)(C)C(C)(C)C)c3ccc(Cl)c(F)c3)c(=O)c2)n1.I.O=S=O. The third-order valence-corrected chi connectivity index (χ3v) is 23.6. The molecule has 0 unspecified atom stereocenters. The van der Waals surface area contributed by atoms with E-state index >= 15 is 0 Å². The van der Waals surface area contributed by atoms with Crippen LogP contribution >= 0.6 is 69.8 Å². The van der Waals surface area contributed by atoms with Crippen LogP contribution in [0.3, 0.4) is 0 Å². The Morgan fingerprint density at radius 1 is 0.651 bits per heavy atom. The van der Waals surface area contributed by atoms with Gasteiger partial charge in [0.1, 0.15) is 29.1 Å². The Balaban J connectivity index is 0.000000363. The number of alkyl halides is 1. The van der Waals surface area contributed by atoms with Crippen molar-refractivity contribution in [3.8, 4) is 22.5 Å². The summed E-state index contributed by atoms with van der Waals surface area (Å²) in [6.45, 7) is 23.8. The minimum Gasteiger partial charge on any atom is -0.414 e. The summed E-state index contributed by atoms with van der Waals surface area (Å²) in [6, 6.07) is 21.9. The van der Waals surface area contributed by atoms with Crippen molar-refractivity contribution in [1.82, 2.24) is 48.6 Å². The Bertz CT molecular complexity index is 3540. The van der Waals surface area contributed by atoms with Crippen LogP contribution in [0.1, 0.15) is 70.6 Å². The Morgan fingerprint density at radius 2 is 1.07 bits per heavy atom. The number of nitrogens with two attached hydrogens (primary N) is 1. The van der Waals surface area contributed by atoms with Crippen molar-refractivity contribution in [2.45, 2.75) is 96.8 Å². The monoisotopic (exact) mass is 1460 g/mol. The van der Waals surface area contributed by atoms with Gasteiger partial charge in [-0.15, -0.1) is 24.0 Å². The maximum Gasteiger partial charge on any atom is 0.335 e. The first-order valence-electron chi connectivity index (χ1n) is 25.5. The maximum atomic E-state index is 14.4. The molecular weight excluding hydrogens is 1390 g/mol. The molecule has 6 heterocycles. The largest absolute Gasteiger partial charge is 0.414 e. The van der Waals surface area contributed by atoms with Crippen LogP contribution in [0.2, 0.25) is 46.3 Å². The van der Waals surface area contributed by atoms with Crippen molar-refractivity contribution < 1.29 is 26.1 Å². The van der Waals surface area contributed by atoms with Crippen molar-refractivity contribution in [1.29, 1.82) is 0 Å². The predicted molar refractivity (Wildman–Crippen MR) is 352 cm³/mol. The van der Waals surface area contributed by atoms with E-state index in [-0.39, 0.29) is 68.4 Å². The van der Waals surface area contributed by atoms with Gasteiger partial charge in [-0.1, -0.05) is 99.5 Å². The van der Waals surface area contributed by atoms with Crippen molar-refractivity contribution >= 4 is 116 Å². The quantitative estimate of drug-likeness (QED) is 0.0587. The molecule has 0 spiro atoms. The van der Waals surface area contributed by atoms with Gasteiger partial charge in [0, 0.05) is 68.2 Å². The summed E-state index contributed by atoms with van der Waals surface area (Å²) in [7, 11) is -0.629. The maximum absolute atomic E-state index is 14.4. The molecule has 0 radical (unpaired) electrons. The van der Waals surface area contributed by atoms with Crippen LogP contribution in [-0.4, -0.2) is 91.8 Å². The van der Waals surface area contributed by atoms with Gasteiger partial charge in [0.05, 0.1) is 59.1 Å². The van der Waals surface area contributed by atoms with Gasteiger partial charge in [0.15, 0.2) is 16.6 Å². The third kappa shape index (κ3) is 20.4. The van der Waals surface area contributed by atoms with Gasteiger partial charge in [-0.3, -0.25) is 19.0 Å².